The molecule has 1 atom stereocenters. The van der Waals surface area contributed by atoms with E-state index in [0.717, 1.165) is 17.2 Å². The molecule has 29 heavy (non-hydrogen) atoms. The van der Waals surface area contributed by atoms with Crippen LogP contribution in [0.2, 0.25) is 0 Å². The number of hydrogen-bond donors (Lipinski definition) is 2. The van der Waals surface area contributed by atoms with Gasteiger partial charge in [-0.05, 0) is 61.6 Å². The van der Waals surface area contributed by atoms with Crippen molar-refractivity contribution in [1.29, 1.82) is 0 Å². The molecule has 2 aromatic rings. The molecular weight excluding hydrogens is 387 g/mol. The molecule has 0 saturated heterocycles. The Bertz CT molecular complexity index is 882. The van der Waals surface area contributed by atoms with Gasteiger partial charge in [0.2, 0.25) is 0 Å². The summed E-state index contributed by atoms with van der Waals surface area (Å²) in [4.78, 5) is 21.9. The van der Waals surface area contributed by atoms with E-state index in [1.165, 1.54) is 18.2 Å². The summed E-state index contributed by atoms with van der Waals surface area (Å²) in [5, 5.41) is 8.84. The van der Waals surface area contributed by atoms with E-state index >= 15 is 0 Å². The molecule has 156 valence electrons. The first-order valence-electron chi connectivity index (χ1n) is 8.95. The fourth-order valence-electron chi connectivity index (χ4n) is 3.01. The Morgan fingerprint density at radius 1 is 1.21 bits per heavy atom. The Kier molecular flexibility index (Phi) is 7.02. The minimum absolute atomic E-state index is 0.208. The van der Waals surface area contributed by atoms with Crippen molar-refractivity contribution < 1.29 is 32.6 Å². The van der Waals surface area contributed by atoms with Gasteiger partial charge in [-0.2, -0.15) is 13.2 Å². The molecule has 0 radical (unpaired) electrons. The lowest BCUT2D eigenvalue weighted by atomic mass is 9.90. The molecule has 8 heteroatoms. The normalized spacial score (nSPS) is 13.6. The maximum atomic E-state index is 13.1. The van der Waals surface area contributed by atoms with E-state index in [9.17, 15) is 22.8 Å². The van der Waals surface area contributed by atoms with Gasteiger partial charge in [-0.1, -0.05) is 18.2 Å². The Morgan fingerprint density at radius 3 is 2.48 bits per heavy atom. The van der Waals surface area contributed by atoms with E-state index in [0.29, 0.717) is 19.1 Å². The highest BCUT2D eigenvalue weighted by atomic mass is 19.4. The van der Waals surface area contributed by atoms with Gasteiger partial charge in [-0.25, -0.2) is 0 Å². The minimum Gasteiger partial charge on any atom is -0.481 e. The number of carbonyl (C=O) groups is 2. The van der Waals surface area contributed by atoms with Crippen molar-refractivity contribution in [3.05, 3.63) is 59.2 Å². The molecule has 5 nitrogen and oxygen atoms in total. The first kappa shape index (κ1) is 22.4. The highest BCUT2D eigenvalue weighted by Gasteiger charge is 2.34. The van der Waals surface area contributed by atoms with E-state index in [4.69, 9.17) is 15.6 Å². The molecular formula is C21H22F3NO4. The zero-order valence-electron chi connectivity index (χ0n) is 15.8. The number of aryl methyl sites for hydroxylation is 2. The number of para-hydroxylation sites is 1. The van der Waals surface area contributed by atoms with Gasteiger partial charge >= 0.3 is 12.1 Å². The maximum absolute atomic E-state index is 13.1. The second-order valence-electron chi connectivity index (χ2n) is 6.96. The van der Waals surface area contributed by atoms with Crippen molar-refractivity contribution in [3.8, 4) is 11.5 Å². The zero-order valence-corrected chi connectivity index (χ0v) is 15.8. The molecule has 0 bridgehead atoms. The van der Waals surface area contributed by atoms with Gasteiger partial charge in [0.1, 0.15) is 17.8 Å². The number of alkyl halides is 3. The number of nitrogens with two attached hydrogens (primary N) is 1. The fraction of sp³-hybridized carbons (Fsp3) is 0.333. The summed E-state index contributed by atoms with van der Waals surface area (Å²) in [6.45, 7) is 1.80. The number of rotatable bonds is 9. The molecule has 2 rings (SSSR count). The van der Waals surface area contributed by atoms with Crippen molar-refractivity contribution in [2.24, 2.45) is 5.73 Å². The van der Waals surface area contributed by atoms with Crippen LogP contribution in [0.5, 0.6) is 11.5 Å². The number of carbonyl (C=O) groups excluding carboxylic acids is 1. The standard InChI is InChI=1S/C21H22F3NO4/c1-14-11-16(29-18-7-3-2-6-17(18)21(22,23)24)9-8-15(14)5-4-10-20(25,13-26)12-19(27)28/h2-3,6-9,11,13H,4-5,10,12,25H2,1H3,(H,27,28). The van der Waals surface area contributed by atoms with Crippen LogP contribution in [0.3, 0.4) is 0 Å². The summed E-state index contributed by atoms with van der Waals surface area (Å²) >= 11 is 0. The molecule has 0 saturated carbocycles. The van der Waals surface area contributed by atoms with Crippen LogP contribution in [0, 0.1) is 6.92 Å². The number of aldehydes is 1. The van der Waals surface area contributed by atoms with Gasteiger partial charge < -0.3 is 20.4 Å². The summed E-state index contributed by atoms with van der Waals surface area (Å²) in [6.07, 6.45) is -3.27. The zero-order chi connectivity index (χ0) is 21.7. The SMILES string of the molecule is Cc1cc(Oc2ccccc2C(F)(F)F)ccc1CCCC(N)(C=O)CC(=O)O. The summed E-state index contributed by atoms with van der Waals surface area (Å²) in [7, 11) is 0. The third-order valence-corrected chi connectivity index (χ3v) is 4.54. The van der Waals surface area contributed by atoms with Gasteiger partial charge in [-0.15, -0.1) is 0 Å². The van der Waals surface area contributed by atoms with Crippen molar-refractivity contribution in [2.45, 2.75) is 44.3 Å². The van der Waals surface area contributed by atoms with Crippen LogP contribution in [0.15, 0.2) is 42.5 Å². The first-order chi connectivity index (χ1) is 13.5. The average Bonchev–Trinajstić information content (AvgIpc) is 2.62. The predicted octanol–water partition coefficient (Wildman–Crippen LogP) is 4.50. The number of hydrogen-bond acceptors (Lipinski definition) is 4. The summed E-state index contributed by atoms with van der Waals surface area (Å²) in [5.74, 6) is -1.15. The van der Waals surface area contributed by atoms with Gasteiger partial charge in [0.15, 0.2) is 0 Å². The van der Waals surface area contributed by atoms with E-state index < -0.39 is 29.7 Å². The van der Waals surface area contributed by atoms with Crippen LogP contribution in [-0.2, 0) is 22.2 Å². The summed E-state index contributed by atoms with van der Waals surface area (Å²) in [6, 6.07) is 9.92. The molecule has 2 aromatic carbocycles. The molecule has 0 aromatic heterocycles. The molecule has 0 aliphatic carbocycles. The van der Waals surface area contributed by atoms with Crippen LogP contribution < -0.4 is 10.5 Å². The second kappa shape index (κ2) is 9.09. The quantitative estimate of drug-likeness (QED) is 0.595. The van der Waals surface area contributed by atoms with Crippen LogP contribution in [0.1, 0.15) is 36.0 Å². The van der Waals surface area contributed by atoms with Crippen molar-refractivity contribution in [3.63, 3.8) is 0 Å². The Hall–Kier alpha value is -2.87. The lowest BCUT2D eigenvalue weighted by molar-refractivity contribution is -0.140. The topological polar surface area (TPSA) is 89.6 Å². The van der Waals surface area contributed by atoms with Crippen molar-refractivity contribution >= 4 is 12.3 Å². The van der Waals surface area contributed by atoms with Crippen LogP contribution in [-0.4, -0.2) is 22.9 Å². The van der Waals surface area contributed by atoms with Gasteiger partial charge in [0, 0.05) is 0 Å². The van der Waals surface area contributed by atoms with E-state index in [2.05, 4.69) is 0 Å². The largest absolute Gasteiger partial charge is 0.481 e. The molecule has 0 fully saturated rings. The lowest BCUT2D eigenvalue weighted by Crippen LogP contribution is -2.43. The molecule has 0 aliphatic rings. The predicted molar refractivity (Wildman–Crippen MR) is 101 cm³/mol. The highest BCUT2D eigenvalue weighted by molar-refractivity contribution is 5.77. The molecule has 3 N–H and O–H groups in total. The first-order valence-corrected chi connectivity index (χ1v) is 8.95. The van der Waals surface area contributed by atoms with Gasteiger partial charge in [0.05, 0.1) is 17.5 Å². The summed E-state index contributed by atoms with van der Waals surface area (Å²) in [5.41, 5.74) is 5.24. The van der Waals surface area contributed by atoms with Crippen molar-refractivity contribution in [2.75, 3.05) is 0 Å². The lowest BCUT2D eigenvalue weighted by Gasteiger charge is -2.20. The molecule has 0 amide bonds. The third-order valence-electron chi connectivity index (χ3n) is 4.54. The van der Waals surface area contributed by atoms with Crippen LogP contribution >= 0.6 is 0 Å². The molecule has 0 aliphatic heterocycles. The Labute approximate surface area is 166 Å². The number of carboxylic acids is 1. The van der Waals surface area contributed by atoms with Crippen LogP contribution in [0.25, 0.3) is 0 Å². The Balaban J connectivity index is 2.06. The smallest absolute Gasteiger partial charge is 0.419 e. The van der Waals surface area contributed by atoms with Crippen molar-refractivity contribution in [1.82, 2.24) is 0 Å². The summed E-state index contributed by atoms with van der Waals surface area (Å²) < 4.78 is 44.7. The van der Waals surface area contributed by atoms with Crippen LogP contribution in [0.4, 0.5) is 13.2 Å². The minimum atomic E-state index is -4.52. The number of ether oxygens (including phenoxy) is 1. The maximum Gasteiger partial charge on any atom is 0.419 e. The monoisotopic (exact) mass is 409 g/mol. The molecule has 0 heterocycles. The average molecular weight is 409 g/mol. The van der Waals surface area contributed by atoms with E-state index in [1.54, 1.807) is 25.1 Å². The highest BCUT2D eigenvalue weighted by Crippen LogP contribution is 2.38. The number of halogens is 3. The number of benzene rings is 2. The number of aliphatic carboxylic acids is 1. The third kappa shape index (κ3) is 6.32. The van der Waals surface area contributed by atoms with E-state index in [-0.39, 0.29) is 17.9 Å². The van der Waals surface area contributed by atoms with Gasteiger partial charge in [0.25, 0.3) is 0 Å². The number of carboxylic acid groups (broad SMARTS) is 1. The Morgan fingerprint density at radius 2 is 1.90 bits per heavy atom. The fourth-order valence-corrected chi connectivity index (χ4v) is 3.01. The second-order valence-corrected chi connectivity index (χ2v) is 6.96. The molecule has 0 spiro atoms. The van der Waals surface area contributed by atoms with E-state index in [1.807, 2.05) is 0 Å². The molecule has 1 unspecified atom stereocenters. The van der Waals surface area contributed by atoms with Gasteiger partial charge in [-0.3, -0.25) is 4.79 Å².